The third-order valence-electron chi connectivity index (χ3n) is 3.63. The predicted molar refractivity (Wildman–Crippen MR) is 102 cm³/mol. The molecule has 1 rings (SSSR count). The topological polar surface area (TPSA) is 113 Å². The molecule has 0 aliphatic heterocycles. The molecule has 0 saturated heterocycles. The number of hydrogen-bond acceptors (Lipinski definition) is 6. The van der Waals surface area contributed by atoms with Crippen LogP contribution in [-0.4, -0.2) is 59.3 Å². The van der Waals surface area contributed by atoms with Gasteiger partial charge in [-0.25, -0.2) is 4.79 Å². The first-order valence-electron chi connectivity index (χ1n) is 8.63. The van der Waals surface area contributed by atoms with Crippen LogP contribution in [0, 0.1) is 20.3 Å². The monoisotopic (exact) mass is 481 g/mol. The number of carbonyl (C=O) groups is 3. The summed E-state index contributed by atoms with van der Waals surface area (Å²) < 4.78 is 10.7. The van der Waals surface area contributed by atoms with E-state index in [2.05, 4.69) is 6.58 Å². The average Bonchev–Trinajstić information content (AvgIpc) is 2.54. The third-order valence-corrected chi connectivity index (χ3v) is 3.63. The molecule has 0 fully saturated rings. The Kier molecular flexibility index (Phi) is 12.6. The molecule has 0 saturated carbocycles. The van der Waals surface area contributed by atoms with Crippen molar-refractivity contribution in [1.82, 2.24) is 4.90 Å². The van der Waals surface area contributed by atoms with Gasteiger partial charge < -0.3 is 19.7 Å². The maximum absolute atomic E-state index is 11.3. The van der Waals surface area contributed by atoms with Crippen LogP contribution in [0.15, 0.2) is 24.3 Å². The first kappa shape index (κ1) is 27.2. The van der Waals surface area contributed by atoms with Gasteiger partial charge in [-0.05, 0) is 39.5 Å². The largest absolute Gasteiger partial charge is 0.524 e. The number of nitrogens with zero attached hydrogens (tertiary/aromatic N) is 1. The van der Waals surface area contributed by atoms with Gasteiger partial charge in [0, 0.05) is 50.4 Å². The molecule has 1 aromatic carbocycles. The first-order valence-corrected chi connectivity index (χ1v) is 8.63. The summed E-state index contributed by atoms with van der Waals surface area (Å²) in [5.74, 6) is -2.16. The van der Waals surface area contributed by atoms with Gasteiger partial charge in [-0.1, -0.05) is 24.3 Å². The molecule has 29 heavy (non-hydrogen) atoms. The quantitative estimate of drug-likeness (QED) is 0.202. The van der Waals surface area contributed by atoms with E-state index in [1.54, 1.807) is 13.3 Å². The van der Waals surface area contributed by atoms with Crippen LogP contribution < -0.4 is 4.74 Å². The van der Waals surface area contributed by atoms with Gasteiger partial charge in [-0.3, -0.25) is 20.9 Å². The molecule has 0 amide bonds. The van der Waals surface area contributed by atoms with Crippen LogP contribution in [0.3, 0.4) is 0 Å². The van der Waals surface area contributed by atoms with Gasteiger partial charge >= 0.3 is 17.9 Å². The van der Waals surface area contributed by atoms with Crippen molar-refractivity contribution < 1.29 is 66.8 Å². The summed E-state index contributed by atoms with van der Waals surface area (Å²) in [6.45, 7) is 8.33. The van der Waals surface area contributed by atoms with E-state index < -0.39 is 31.0 Å². The zero-order chi connectivity index (χ0) is 21.3. The molecule has 2 N–H and O–H groups in total. The Hall–Kier alpha value is -1.77. The van der Waals surface area contributed by atoms with Crippen molar-refractivity contribution in [1.29, 1.82) is 0 Å². The van der Waals surface area contributed by atoms with E-state index >= 15 is 0 Å². The Morgan fingerprint density at radius 1 is 1.10 bits per heavy atom. The number of carboxylic acids is 2. The van der Waals surface area contributed by atoms with Crippen molar-refractivity contribution in [2.45, 2.75) is 27.3 Å². The summed E-state index contributed by atoms with van der Waals surface area (Å²) in [7, 11) is 0. The molecule has 0 atom stereocenters. The molecule has 8 nitrogen and oxygen atoms in total. The number of carbonyl (C=O) groups excluding carboxylic acids is 1. The summed E-state index contributed by atoms with van der Waals surface area (Å²) in [4.78, 5) is 34.7. The molecule has 157 valence electrons. The SMILES string of the molecule is C=C(C)C(=O)OC[CH-]COc1c(C)cc(C)cc1CN(CC(=O)O)CC(=O)O.[Y]. The standard InChI is InChI=1S/C20H26NO7.Y/c1-13(2)20(26)28-7-5-6-27-19-15(4)8-14(3)9-16(19)10-21(11-17(22)23)12-18(24)25;/h5,8-9H,1,6-7,10-12H2,2-4H3,(H,22,23)(H,24,25);/q-1;. The number of aryl methyl sites for hydroxylation is 2. The van der Waals surface area contributed by atoms with Gasteiger partial charge in [0.05, 0.1) is 13.1 Å². The molecule has 1 aromatic rings. The average molecular weight is 481 g/mol. The molecule has 1 radical (unpaired) electrons. The molecular formula is C20H26NO7Y-. The first-order chi connectivity index (χ1) is 13.1. The van der Waals surface area contributed by atoms with E-state index in [0.717, 1.165) is 11.1 Å². The molecule has 0 aliphatic rings. The minimum Gasteiger partial charge on any atom is -0.524 e. The maximum Gasteiger partial charge on any atom is 0.330 e. The Labute approximate surface area is 195 Å². The fourth-order valence-electron chi connectivity index (χ4n) is 2.61. The number of esters is 1. The van der Waals surface area contributed by atoms with Crippen molar-refractivity contribution >= 4 is 17.9 Å². The second-order valence-corrected chi connectivity index (χ2v) is 6.48. The molecule has 9 heteroatoms. The van der Waals surface area contributed by atoms with Crippen LogP contribution in [0.4, 0.5) is 0 Å². The van der Waals surface area contributed by atoms with Crippen LogP contribution in [0.5, 0.6) is 5.75 Å². The second-order valence-electron chi connectivity index (χ2n) is 6.48. The summed E-state index contributed by atoms with van der Waals surface area (Å²) in [6.07, 6.45) is 1.64. The van der Waals surface area contributed by atoms with Gasteiger partial charge in [-0.15, -0.1) is 0 Å². The molecule has 0 aliphatic carbocycles. The minimum atomic E-state index is -1.11. The van der Waals surface area contributed by atoms with Crippen LogP contribution in [0.25, 0.3) is 0 Å². The van der Waals surface area contributed by atoms with E-state index in [9.17, 15) is 14.4 Å². The summed E-state index contributed by atoms with van der Waals surface area (Å²) >= 11 is 0. The van der Waals surface area contributed by atoms with Gasteiger partial charge in [0.2, 0.25) is 0 Å². The number of ether oxygens (including phenoxy) is 2. The number of rotatable bonds is 12. The molecule has 0 aromatic heterocycles. The van der Waals surface area contributed by atoms with E-state index in [4.69, 9.17) is 19.7 Å². The third kappa shape index (κ3) is 10.5. The van der Waals surface area contributed by atoms with Crippen LogP contribution in [0.1, 0.15) is 23.6 Å². The second kappa shape index (κ2) is 13.5. The van der Waals surface area contributed by atoms with Crippen LogP contribution in [-0.2, 0) is 58.4 Å². The summed E-state index contributed by atoms with van der Waals surface area (Å²) in [6, 6.07) is 3.75. The van der Waals surface area contributed by atoms with E-state index in [1.807, 2.05) is 26.0 Å². The van der Waals surface area contributed by atoms with Crippen LogP contribution in [0.2, 0.25) is 0 Å². The zero-order valence-corrected chi connectivity index (χ0v) is 19.8. The van der Waals surface area contributed by atoms with E-state index in [1.165, 1.54) is 4.90 Å². The number of benzene rings is 1. The summed E-state index contributed by atoms with van der Waals surface area (Å²) in [5.41, 5.74) is 2.79. The van der Waals surface area contributed by atoms with Gasteiger partial charge in [0.25, 0.3) is 0 Å². The normalized spacial score (nSPS) is 10.2. The van der Waals surface area contributed by atoms with Crippen molar-refractivity contribution in [3.05, 3.63) is 47.4 Å². The molecule has 0 unspecified atom stereocenters. The predicted octanol–water partition coefficient (Wildman–Crippen LogP) is 1.97. The number of aliphatic carboxylic acids is 2. The van der Waals surface area contributed by atoms with E-state index in [0.29, 0.717) is 16.9 Å². The Morgan fingerprint density at radius 2 is 1.69 bits per heavy atom. The van der Waals surface area contributed by atoms with Crippen LogP contribution >= 0.6 is 0 Å². The van der Waals surface area contributed by atoms with Crippen molar-refractivity contribution in [2.75, 3.05) is 26.3 Å². The fraction of sp³-hybridized carbons (Fsp3) is 0.400. The minimum absolute atomic E-state index is 0. The van der Waals surface area contributed by atoms with Crippen molar-refractivity contribution in [3.8, 4) is 5.75 Å². The zero-order valence-electron chi connectivity index (χ0n) is 16.9. The van der Waals surface area contributed by atoms with Crippen molar-refractivity contribution in [3.63, 3.8) is 0 Å². The molecule has 0 bridgehead atoms. The van der Waals surface area contributed by atoms with Gasteiger partial charge in [0.1, 0.15) is 5.75 Å². The van der Waals surface area contributed by atoms with Crippen molar-refractivity contribution in [2.24, 2.45) is 0 Å². The fourth-order valence-corrected chi connectivity index (χ4v) is 2.61. The Balaban J connectivity index is 0.00000784. The van der Waals surface area contributed by atoms with E-state index in [-0.39, 0.29) is 52.5 Å². The van der Waals surface area contributed by atoms with Gasteiger partial charge in [-0.2, -0.15) is 0 Å². The number of hydrogen-bond donors (Lipinski definition) is 2. The Bertz CT molecular complexity index is 733. The molecule has 0 heterocycles. The Morgan fingerprint density at radius 3 is 2.21 bits per heavy atom. The maximum atomic E-state index is 11.3. The van der Waals surface area contributed by atoms with Gasteiger partial charge in [0.15, 0.2) is 0 Å². The number of carboxylic acid groups (broad SMARTS) is 2. The summed E-state index contributed by atoms with van der Waals surface area (Å²) in [5, 5.41) is 18.0. The molecule has 0 spiro atoms. The molecular weight excluding hydrogens is 455 g/mol. The smallest absolute Gasteiger partial charge is 0.330 e.